The second-order valence-corrected chi connectivity index (χ2v) is 8.61. The summed E-state index contributed by atoms with van der Waals surface area (Å²) in [6.07, 6.45) is 5.53. The molecule has 0 radical (unpaired) electrons. The maximum Gasteiger partial charge on any atom is 0.338 e. The Morgan fingerprint density at radius 1 is 1.09 bits per heavy atom. The molecular weight excluding hydrogens is 448 g/mol. The summed E-state index contributed by atoms with van der Waals surface area (Å²) in [4.78, 5) is 13.0. The van der Waals surface area contributed by atoms with Crippen molar-refractivity contribution in [2.75, 3.05) is 6.61 Å². The molecule has 1 aliphatic carbocycles. The van der Waals surface area contributed by atoms with Gasteiger partial charge in [-0.25, -0.2) is 4.79 Å². The molecule has 3 N–H and O–H groups in total. The number of carbonyl (C=O) groups is 1. The lowest BCUT2D eigenvalue weighted by atomic mass is 9.77. The number of fused-ring (bicyclic) bond motifs is 2. The highest BCUT2D eigenvalue weighted by atomic mass is 35.5. The molecule has 0 fully saturated rings. The quantitative estimate of drug-likeness (QED) is 0.370. The first kappa shape index (κ1) is 25.7. The number of halogens is 1. The summed E-state index contributed by atoms with van der Waals surface area (Å²) in [5, 5.41) is 8.95. The lowest BCUT2D eigenvalue weighted by molar-refractivity contribution is 0.0499. The van der Waals surface area contributed by atoms with Crippen molar-refractivity contribution in [3.63, 3.8) is 0 Å². The number of unbranched alkanes of at least 4 members (excludes halogenated alkanes) is 1. The molecule has 1 heterocycles. The van der Waals surface area contributed by atoms with Crippen LogP contribution in [0.25, 0.3) is 5.57 Å². The molecular formula is C28H33ClN2O3. The molecule has 2 atom stereocenters. The minimum absolute atomic E-state index is 0. The average molecular weight is 481 g/mol. The molecule has 0 aromatic heterocycles. The molecule has 6 heteroatoms. The number of nitrogens with one attached hydrogen (secondary N) is 1. The molecule has 0 amide bonds. The first-order valence-electron chi connectivity index (χ1n) is 11.9. The van der Waals surface area contributed by atoms with E-state index in [1.54, 1.807) is 6.07 Å². The van der Waals surface area contributed by atoms with Gasteiger partial charge in [0.2, 0.25) is 0 Å². The van der Waals surface area contributed by atoms with Gasteiger partial charge < -0.3 is 20.6 Å². The molecule has 0 spiro atoms. The van der Waals surface area contributed by atoms with Crippen molar-refractivity contribution in [3.05, 3.63) is 82.1 Å². The van der Waals surface area contributed by atoms with Crippen LogP contribution in [0.15, 0.2) is 59.9 Å². The Morgan fingerprint density at radius 2 is 1.85 bits per heavy atom. The lowest BCUT2D eigenvalue weighted by Gasteiger charge is -2.35. The SMILES string of the molecule is CCCCOC(=O)c1ccccc1C1=C2C(=N)C(N)C(CC)C=C2Oc2cc(CC)ccc21.Cl. The smallest absolute Gasteiger partial charge is 0.338 e. The van der Waals surface area contributed by atoms with E-state index in [0.717, 1.165) is 48.1 Å². The van der Waals surface area contributed by atoms with Gasteiger partial charge in [-0.05, 0) is 48.6 Å². The molecule has 2 aromatic carbocycles. The third-order valence-corrected chi connectivity index (χ3v) is 6.49. The molecule has 2 aliphatic rings. The average Bonchev–Trinajstić information content (AvgIpc) is 2.84. The van der Waals surface area contributed by atoms with E-state index in [1.807, 2.05) is 36.4 Å². The Bertz CT molecular complexity index is 1150. The summed E-state index contributed by atoms with van der Waals surface area (Å²) in [5.41, 5.74) is 11.5. The summed E-state index contributed by atoms with van der Waals surface area (Å²) >= 11 is 0. The van der Waals surface area contributed by atoms with Gasteiger partial charge >= 0.3 is 5.97 Å². The Morgan fingerprint density at radius 3 is 2.56 bits per heavy atom. The fraction of sp³-hybridized carbons (Fsp3) is 0.357. The molecule has 0 saturated heterocycles. The molecule has 180 valence electrons. The molecule has 2 unspecified atom stereocenters. The van der Waals surface area contributed by atoms with Crippen LogP contribution >= 0.6 is 12.4 Å². The van der Waals surface area contributed by atoms with E-state index in [2.05, 4.69) is 26.8 Å². The number of hydrogen-bond donors (Lipinski definition) is 2. The van der Waals surface area contributed by atoms with Gasteiger partial charge in [0.25, 0.3) is 0 Å². The van der Waals surface area contributed by atoms with Crippen molar-refractivity contribution >= 4 is 29.7 Å². The van der Waals surface area contributed by atoms with Crippen LogP contribution in [0.3, 0.4) is 0 Å². The Hall–Kier alpha value is -2.89. The van der Waals surface area contributed by atoms with E-state index in [0.29, 0.717) is 29.2 Å². The highest BCUT2D eigenvalue weighted by Crippen LogP contribution is 2.45. The standard InChI is InChI=1S/C28H32N2O3.ClH/c1-4-7-14-32-28(31)20-11-9-8-10-19(20)24-21-13-12-17(5-2)15-22(21)33-23-16-18(6-3)26(29)27(30)25(23)24;/h8-13,15-16,18,26,30H,4-7,14,29H2,1-3H3;1H. The first-order chi connectivity index (χ1) is 16.0. The van der Waals surface area contributed by atoms with Gasteiger partial charge in [0.15, 0.2) is 0 Å². The zero-order valence-electron chi connectivity index (χ0n) is 20.0. The van der Waals surface area contributed by atoms with E-state index in [1.165, 1.54) is 5.56 Å². The second-order valence-electron chi connectivity index (χ2n) is 8.61. The third kappa shape index (κ3) is 4.68. The number of rotatable bonds is 7. The Kier molecular flexibility index (Phi) is 8.34. The predicted molar refractivity (Wildman–Crippen MR) is 139 cm³/mol. The summed E-state index contributed by atoms with van der Waals surface area (Å²) in [6.45, 7) is 6.63. The van der Waals surface area contributed by atoms with E-state index in [9.17, 15) is 4.79 Å². The van der Waals surface area contributed by atoms with Crippen molar-refractivity contribution in [1.29, 1.82) is 5.41 Å². The van der Waals surface area contributed by atoms with Gasteiger partial charge in [0.05, 0.1) is 23.9 Å². The minimum Gasteiger partial charge on any atom is -0.462 e. The number of aryl methyl sites for hydroxylation is 1. The van der Waals surface area contributed by atoms with Gasteiger partial charge in [0.1, 0.15) is 11.5 Å². The highest BCUT2D eigenvalue weighted by Gasteiger charge is 2.37. The van der Waals surface area contributed by atoms with Crippen molar-refractivity contribution in [2.45, 2.75) is 52.5 Å². The van der Waals surface area contributed by atoms with E-state index in [-0.39, 0.29) is 24.3 Å². The number of benzene rings is 2. The van der Waals surface area contributed by atoms with Crippen molar-refractivity contribution in [3.8, 4) is 5.75 Å². The number of ether oxygens (including phenoxy) is 2. The lowest BCUT2D eigenvalue weighted by Crippen LogP contribution is -2.42. The first-order valence-corrected chi connectivity index (χ1v) is 11.9. The van der Waals surface area contributed by atoms with E-state index >= 15 is 0 Å². The topological polar surface area (TPSA) is 85.4 Å². The zero-order chi connectivity index (χ0) is 23.5. The number of carbonyl (C=O) groups excluding carboxylic acids is 1. The Balaban J connectivity index is 0.00000324. The van der Waals surface area contributed by atoms with Crippen LogP contribution in [0.2, 0.25) is 0 Å². The van der Waals surface area contributed by atoms with Crippen molar-refractivity contribution in [2.24, 2.45) is 11.7 Å². The highest BCUT2D eigenvalue weighted by molar-refractivity contribution is 6.16. The number of hydrogen-bond acceptors (Lipinski definition) is 5. The van der Waals surface area contributed by atoms with Crippen LogP contribution in [-0.4, -0.2) is 24.3 Å². The second kappa shape index (κ2) is 11.0. The van der Waals surface area contributed by atoms with E-state index < -0.39 is 6.04 Å². The summed E-state index contributed by atoms with van der Waals surface area (Å²) in [6, 6.07) is 13.2. The van der Waals surface area contributed by atoms with Crippen molar-refractivity contribution < 1.29 is 14.3 Å². The minimum atomic E-state index is -0.424. The van der Waals surface area contributed by atoms with Gasteiger partial charge in [-0.3, -0.25) is 0 Å². The van der Waals surface area contributed by atoms with Crippen LogP contribution < -0.4 is 10.5 Å². The summed E-state index contributed by atoms with van der Waals surface area (Å²) in [5.74, 6) is 1.07. The van der Waals surface area contributed by atoms with Gasteiger partial charge in [-0.1, -0.05) is 57.5 Å². The molecule has 1 aliphatic heterocycles. The summed E-state index contributed by atoms with van der Waals surface area (Å²) in [7, 11) is 0. The maximum atomic E-state index is 13.0. The monoisotopic (exact) mass is 480 g/mol. The van der Waals surface area contributed by atoms with Crippen molar-refractivity contribution in [1.82, 2.24) is 0 Å². The van der Waals surface area contributed by atoms with Gasteiger partial charge in [-0.2, -0.15) is 0 Å². The number of nitrogens with two attached hydrogens (primary N) is 1. The van der Waals surface area contributed by atoms with Crippen LogP contribution in [0.5, 0.6) is 5.75 Å². The fourth-order valence-corrected chi connectivity index (χ4v) is 4.49. The molecule has 5 nitrogen and oxygen atoms in total. The fourth-order valence-electron chi connectivity index (χ4n) is 4.49. The van der Waals surface area contributed by atoms with Crippen LogP contribution in [-0.2, 0) is 11.2 Å². The van der Waals surface area contributed by atoms with Gasteiger partial charge in [-0.15, -0.1) is 12.4 Å². The molecule has 34 heavy (non-hydrogen) atoms. The molecule has 0 bridgehead atoms. The predicted octanol–water partition coefficient (Wildman–Crippen LogP) is 6.09. The largest absolute Gasteiger partial charge is 0.462 e. The Labute approximate surface area is 208 Å². The molecule has 4 rings (SSSR count). The number of esters is 1. The number of allylic oxidation sites excluding steroid dienone is 1. The molecule has 2 aromatic rings. The summed E-state index contributed by atoms with van der Waals surface area (Å²) < 4.78 is 11.9. The zero-order valence-corrected chi connectivity index (χ0v) is 20.8. The normalized spacial score (nSPS) is 18.8. The van der Waals surface area contributed by atoms with Crippen LogP contribution in [0, 0.1) is 11.3 Å². The maximum absolute atomic E-state index is 13.0. The molecule has 0 saturated carbocycles. The van der Waals surface area contributed by atoms with E-state index in [4.69, 9.17) is 20.6 Å². The van der Waals surface area contributed by atoms with Crippen LogP contribution in [0.1, 0.15) is 67.1 Å². The van der Waals surface area contributed by atoms with Crippen LogP contribution in [0.4, 0.5) is 0 Å². The third-order valence-electron chi connectivity index (χ3n) is 6.49. The van der Waals surface area contributed by atoms with Gasteiger partial charge in [0, 0.05) is 22.6 Å².